The molecule has 4 aliphatic rings. The van der Waals surface area contributed by atoms with Gasteiger partial charge < -0.3 is 18.2 Å². The quantitative estimate of drug-likeness (QED) is 0.375. The van der Waals surface area contributed by atoms with Crippen LogP contribution in [0.5, 0.6) is 0 Å². The van der Waals surface area contributed by atoms with E-state index in [0.29, 0.717) is 16.7 Å². The first-order chi connectivity index (χ1) is 10.6. The fourth-order valence-electron chi connectivity index (χ4n) is 4.76. The van der Waals surface area contributed by atoms with E-state index >= 15 is 0 Å². The van der Waals surface area contributed by atoms with Crippen molar-refractivity contribution in [3.8, 4) is 0 Å². The number of hydrogen-bond donors (Lipinski definition) is 0. The molecule has 0 aromatic rings. The average molecular weight is 503 g/mol. The van der Waals surface area contributed by atoms with Crippen LogP contribution in [0.1, 0.15) is 73.6 Å². The zero-order valence-corrected chi connectivity index (χ0v) is 20.0. The Balaban J connectivity index is 0.000000232. The van der Waals surface area contributed by atoms with Crippen LogP contribution in [0, 0.1) is 47.8 Å². The molecule has 140 valence electrons. The summed E-state index contributed by atoms with van der Waals surface area (Å²) in [5.41, 5.74) is 0.986. The SMILES string of the molecule is CC(C)(C)C1CN2CCC1CC2.[CH2-]C1CC[CH-]C(C(C)(C)C)C1.[W+2]. The van der Waals surface area contributed by atoms with Crippen LogP contribution in [0.3, 0.4) is 0 Å². The first-order valence-corrected chi connectivity index (χ1v) is 9.96. The largest absolute Gasteiger partial charge is 2.00 e. The van der Waals surface area contributed by atoms with E-state index in [0.717, 1.165) is 17.8 Å². The minimum Gasteiger partial charge on any atom is -0.340 e. The standard InChI is InChI=1S/C11H21N.C11H20.W/c1-11(2,3)10-8-12-6-4-9(10)5-7-12;1-9-6-5-7-10(8-9)11(2,3)4;/h9-10H,4-8H2,1-3H3;7,9-10H,1,5-6,8H2,2-4H3;/q;-2;+2. The topological polar surface area (TPSA) is 3.24 Å². The van der Waals surface area contributed by atoms with Crippen molar-refractivity contribution in [3.05, 3.63) is 13.3 Å². The fraction of sp³-hybridized carbons (Fsp3) is 0.909. The predicted octanol–water partition coefficient (Wildman–Crippen LogP) is 5.86. The van der Waals surface area contributed by atoms with E-state index < -0.39 is 0 Å². The van der Waals surface area contributed by atoms with E-state index in [1.54, 1.807) is 0 Å². The molecule has 0 radical (unpaired) electrons. The predicted molar refractivity (Wildman–Crippen MR) is 102 cm³/mol. The summed E-state index contributed by atoms with van der Waals surface area (Å²) in [6, 6.07) is 0. The zero-order valence-electron chi connectivity index (χ0n) is 17.1. The molecule has 0 amide bonds. The van der Waals surface area contributed by atoms with Gasteiger partial charge in [-0.25, -0.2) is 0 Å². The van der Waals surface area contributed by atoms with Gasteiger partial charge in [0, 0.05) is 6.54 Å². The third-order valence-electron chi connectivity index (χ3n) is 6.49. The van der Waals surface area contributed by atoms with Gasteiger partial charge in [-0.05, 0) is 43.2 Å². The maximum absolute atomic E-state index is 4.14. The van der Waals surface area contributed by atoms with E-state index in [1.807, 2.05) is 0 Å². The van der Waals surface area contributed by atoms with Gasteiger partial charge in [-0.15, -0.1) is 12.8 Å². The molecule has 0 aromatic carbocycles. The summed E-state index contributed by atoms with van der Waals surface area (Å²) in [6.45, 7) is 22.4. The van der Waals surface area contributed by atoms with Gasteiger partial charge in [-0.2, -0.15) is 18.3 Å². The van der Waals surface area contributed by atoms with E-state index in [1.165, 1.54) is 51.7 Å². The van der Waals surface area contributed by atoms with Crippen LogP contribution in [0.2, 0.25) is 0 Å². The minimum absolute atomic E-state index is 0. The first-order valence-electron chi connectivity index (χ1n) is 9.96. The molecule has 0 spiro atoms. The normalized spacial score (nSPS) is 36.4. The Morgan fingerprint density at radius 1 is 0.917 bits per heavy atom. The molecule has 2 heteroatoms. The summed E-state index contributed by atoms with van der Waals surface area (Å²) in [7, 11) is 0. The molecule has 4 rings (SSSR count). The van der Waals surface area contributed by atoms with E-state index in [4.69, 9.17) is 0 Å². The van der Waals surface area contributed by atoms with Crippen LogP contribution < -0.4 is 0 Å². The van der Waals surface area contributed by atoms with Crippen LogP contribution in [0.4, 0.5) is 0 Å². The van der Waals surface area contributed by atoms with Gasteiger partial charge in [-0.1, -0.05) is 47.0 Å². The third-order valence-corrected chi connectivity index (χ3v) is 6.49. The summed E-state index contributed by atoms with van der Waals surface area (Å²) >= 11 is 0. The summed E-state index contributed by atoms with van der Waals surface area (Å²) in [5.74, 6) is 3.48. The Hall–Kier alpha value is 0.648. The molecule has 3 saturated heterocycles. The third kappa shape index (κ3) is 6.42. The number of piperidine rings is 3. The number of rotatable bonds is 0. The summed E-state index contributed by atoms with van der Waals surface area (Å²) in [4.78, 5) is 2.65. The van der Waals surface area contributed by atoms with Crippen molar-refractivity contribution >= 4 is 0 Å². The molecule has 3 heterocycles. The molecule has 2 bridgehead atoms. The summed E-state index contributed by atoms with van der Waals surface area (Å²) in [6.07, 6.45) is 9.28. The Morgan fingerprint density at radius 2 is 1.50 bits per heavy atom. The van der Waals surface area contributed by atoms with Gasteiger partial charge in [0.2, 0.25) is 0 Å². The molecule has 1 saturated carbocycles. The van der Waals surface area contributed by atoms with Gasteiger partial charge >= 0.3 is 21.1 Å². The molecular formula is C22H41NW. The molecule has 3 atom stereocenters. The Labute approximate surface area is 167 Å². The molecule has 3 aliphatic heterocycles. The molecule has 24 heavy (non-hydrogen) atoms. The molecule has 3 unspecified atom stereocenters. The summed E-state index contributed by atoms with van der Waals surface area (Å²) in [5, 5.41) is 0. The van der Waals surface area contributed by atoms with Gasteiger partial charge in [0.25, 0.3) is 0 Å². The molecule has 0 aromatic heterocycles. The van der Waals surface area contributed by atoms with Crippen molar-refractivity contribution in [1.29, 1.82) is 0 Å². The Bertz CT molecular complexity index is 357. The number of nitrogens with zero attached hydrogens (tertiary/aromatic N) is 1. The van der Waals surface area contributed by atoms with Gasteiger partial charge in [0.15, 0.2) is 0 Å². The van der Waals surface area contributed by atoms with Crippen LogP contribution in [-0.2, 0) is 21.1 Å². The minimum atomic E-state index is 0. The summed E-state index contributed by atoms with van der Waals surface area (Å²) < 4.78 is 0. The second-order valence-electron chi connectivity index (χ2n) is 10.5. The van der Waals surface area contributed by atoms with Gasteiger partial charge in [0.05, 0.1) is 0 Å². The van der Waals surface area contributed by atoms with Gasteiger partial charge in [-0.3, -0.25) is 0 Å². The van der Waals surface area contributed by atoms with Crippen LogP contribution in [0.15, 0.2) is 0 Å². The number of fused-ring (bicyclic) bond motifs is 3. The maximum Gasteiger partial charge on any atom is 2.00 e. The van der Waals surface area contributed by atoms with Crippen molar-refractivity contribution in [2.75, 3.05) is 19.6 Å². The van der Waals surface area contributed by atoms with Gasteiger partial charge in [0.1, 0.15) is 0 Å². The molecule has 1 nitrogen and oxygen atoms in total. The first kappa shape index (κ1) is 22.7. The Kier molecular flexibility index (Phi) is 8.54. The van der Waals surface area contributed by atoms with Crippen LogP contribution >= 0.6 is 0 Å². The monoisotopic (exact) mass is 503 g/mol. The van der Waals surface area contributed by atoms with E-state index in [9.17, 15) is 0 Å². The van der Waals surface area contributed by atoms with E-state index in [2.05, 4.69) is 59.8 Å². The maximum atomic E-state index is 4.14. The second-order valence-corrected chi connectivity index (χ2v) is 10.5. The zero-order chi connectivity index (χ0) is 17.3. The molecule has 0 N–H and O–H groups in total. The smallest absolute Gasteiger partial charge is 0.340 e. The number of hydrogen-bond acceptors (Lipinski definition) is 1. The van der Waals surface area contributed by atoms with Crippen LogP contribution in [-0.4, -0.2) is 24.5 Å². The fourth-order valence-corrected chi connectivity index (χ4v) is 4.76. The molecular weight excluding hydrogens is 462 g/mol. The molecule has 4 fully saturated rings. The van der Waals surface area contributed by atoms with Crippen molar-refractivity contribution in [1.82, 2.24) is 4.90 Å². The molecule has 1 aliphatic carbocycles. The Morgan fingerprint density at radius 3 is 1.79 bits per heavy atom. The van der Waals surface area contributed by atoms with Crippen molar-refractivity contribution in [2.24, 2.45) is 34.5 Å². The van der Waals surface area contributed by atoms with Crippen molar-refractivity contribution in [3.63, 3.8) is 0 Å². The average Bonchev–Trinajstić information content (AvgIpc) is 2.47. The van der Waals surface area contributed by atoms with Crippen LogP contribution in [0.25, 0.3) is 0 Å². The van der Waals surface area contributed by atoms with E-state index in [-0.39, 0.29) is 21.1 Å². The van der Waals surface area contributed by atoms with Crippen molar-refractivity contribution in [2.45, 2.75) is 73.6 Å². The van der Waals surface area contributed by atoms with Crippen molar-refractivity contribution < 1.29 is 21.1 Å². The second kappa shape index (κ2) is 9.03.